The van der Waals surface area contributed by atoms with Gasteiger partial charge in [0.25, 0.3) is 5.91 Å². The van der Waals surface area contributed by atoms with Crippen LogP contribution < -0.4 is 10.8 Å². The monoisotopic (exact) mass is 375 g/mol. The molecule has 2 aliphatic rings. The van der Waals surface area contributed by atoms with Crippen molar-refractivity contribution in [3.63, 3.8) is 0 Å². The van der Waals surface area contributed by atoms with E-state index >= 15 is 0 Å². The number of amides is 1. The summed E-state index contributed by atoms with van der Waals surface area (Å²) in [6, 6.07) is 9.17. The molecular weight excluding hydrogens is 357 g/mol. The third kappa shape index (κ3) is 2.55. The van der Waals surface area contributed by atoms with Crippen LogP contribution in [0.25, 0.3) is 5.69 Å². The van der Waals surface area contributed by atoms with E-state index in [9.17, 15) is 9.82 Å². The van der Waals surface area contributed by atoms with E-state index in [2.05, 4.69) is 20.6 Å². The van der Waals surface area contributed by atoms with E-state index in [1.807, 2.05) is 18.2 Å². The van der Waals surface area contributed by atoms with Crippen LogP contribution >= 0.6 is 0 Å². The van der Waals surface area contributed by atoms with E-state index in [4.69, 9.17) is 4.65 Å². The Hall–Kier alpha value is -3.04. The van der Waals surface area contributed by atoms with Crippen molar-refractivity contribution in [3.8, 4) is 5.69 Å². The zero-order valence-corrected chi connectivity index (χ0v) is 15.3. The quantitative estimate of drug-likeness (QED) is 0.670. The summed E-state index contributed by atoms with van der Waals surface area (Å²) in [7, 11) is -0.958. The molecule has 1 aliphatic carbocycles. The lowest BCUT2D eigenvalue weighted by Crippen LogP contribution is -2.35. The number of carbonyl (C=O) groups is 1. The molecule has 1 amide bonds. The summed E-state index contributed by atoms with van der Waals surface area (Å²) in [6.45, 7) is 1.78. The fraction of sp³-hybridized carbons (Fsp3) is 0.263. The fourth-order valence-electron chi connectivity index (χ4n) is 3.94. The van der Waals surface area contributed by atoms with Crippen molar-refractivity contribution in [2.75, 3.05) is 5.32 Å². The van der Waals surface area contributed by atoms with Crippen LogP contribution in [0.3, 0.4) is 0 Å². The standard InChI is InChI=1S/C19H18BN5O3/c1-12-17(23-24-25(12)14-4-2-9-21-11-14)18(26)22-13-5-6-15-16(10-13)20(27)28-19(15)7-3-8-19/h2,4-6,9-11,27H,3,7-8H2,1H3,(H,22,26). The molecule has 28 heavy (non-hydrogen) atoms. The predicted octanol–water partition coefficient (Wildman–Crippen LogP) is 1.32. The van der Waals surface area contributed by atoms with Gasteiger partial charge < -0.3 is 15.0 Å². The van der Waals surface area contributed by atoms with Crippen LogP contribution in [0.2, 0.25) is 0 Å². The highest BCUT2D eigenvalue weighted by Gasteiger charge is 2.50. The summed E-state index contributed by atoms with van der Waals surface area (Å²) in [5, 5.41) is 21.2. The van der Waals surface area contributed by atoms with E-state index in [0.717, 1.165) is 30.5 Å². The summed E-state index contributed by atoms with van der Waals surface area (Å²) >= 11 is 0. The second-order valence-corrected chi connectivity index (χ2v) is 7.22. The molecule has 3 aromatic rings. The summed E-state index contributed by atoms with van der Waals surface area (Å²) in [5.41, 5.74) is 3.55. The number of fused-ring (bicyclic) bond motifs is 2. The van der Waals surface area contributed by atoms with Crippen LogP contribution in [0.15, 0.2) is 42.7 Å². The summed E-state index contributed by atoms with van der Waals surface area (Å²) < 4.78 is 7.35. The molecule has 1 spiro atoms. The van der Waals surface area contributed by atoms with Crippen LogP contribution in [-0.2, 0) is 10.3 Å². The summed E-state index contributed by atoms with van der Waals surface area (Å²) in [6.07, 6.45) is 6.25. The van der Waals surface area contributed by atoms with Gasteiger partial charge >= 0.3 is 7.12 Å². The lowest BCUT2D eigenvalue weighted by atomic mass is 9.72. The first-order chi connectivity index (χ1) is 13.6. The number of benzene rings is 1. The minimum Gasteiger partial charge on any atom is -0.423 e. The maximum Gasteiger partial charge on any atom is 0.492 e. The highest BCUT2D eigenvalue weighted by molar-refractivity contribution is 6.62. The van der Waals surface area contributed by atoms with Gasteiger partial charge in [0.15, 0.2) is 5.69 Å². The Morgan fingerprint density at radius 2 is 2.21 bits per heavy atom. The molecule has 0 bridgehead atoms. The first-order valence-electron chi connectivity index (χ1n) is 9.22. The molecule has 2 N–H and O–H groups in total. The predicted molar refractivity (Wildman–Crippen MR) is 103 cm³/mol. The van der Waals surface area contributed by atoms with Crippen molar-refractivity contribution in [1.29, 1.82) is 0 Å². The van der Waals surface area contributed by atoms with Gasteiger partial charge in [0, 0.05) is 11.9 Å². The average molecular weight is 375 g/mol. The van der Waals surface area contributed by atoms with Gasteiger partial charge in [-0.15, -0.1) is 5.10 Å². The smallest absolute Gasteiger partial charge is 0.423 e. The van der Waals surface area contributed by atoms with Gasteiger partial charge in [-0.05, 0) is 61.5 Å². The van der Waals surface area contributed by atoms with Crippen molar-refractivity contribution in [3.05, 3.63) is 59.7 Å². The SMILES string of the molecule is Cc1c(C(=O)Nc2ccc3c(c2)B(O)OC32CCC2)nnn1-c1cccnc1. The molecular formula is C19H18BN5O3. The van der Waals surface area contributed by atoms with Crippen LogP contribution in [-0.4, -0.2) is 38.0 Å². The van der Waals surface area contributed by atoms with Crippen molar-refractivity contribution in [2.45, 2.75) is 31.8 Å². The zero-order valence-electron chi connectivity index (χ0n) is 15.3. The molecule has 0 atom stereocenters. The molecule has 8 nitrogen and oxygen atoms in total. The van der Waals surface area contributed by atoms with Gasteiger partial charge in [-0.1, -0.05) is 11.3 Å². The van der Waals surface area contributed by atoms with E-state index < -0.39 is 7.12 Å². The van der Waals surface area contributed by atoms with Gasteiger partial charge in [0.2, 0.25) is 0 Å². The minimum absolute atomic E-state index is 0.233. The molecule has 2 aromatic heterocycles. The van der Waals surface area contributed by atoms with E-state index in [-0.39, 0.29) is 17.2 Å². The van der Waals surface area contributed by atoms with E-state index in [0.29, 0.717) is 16.8 Å². The highest BCUT2D eigenvalue weighted by Crippen LogP contribution is 2.47. The Morgan fingerprint density at radius 1 is 1.36 bits per heavy atom. The van der Waals surface area contributed by atoms with Crippen LogP contribution in [0.5, 0.6) is 0 Å². The molecule has 5 rings (SSSR count). The Bertz CT molecular complexity index is 1060. The van der Waals surface area contributed by atoms with Gasteiger partial charge in [-0.25, -0.2) is 4.68 Å². The Morgan fingerprint density at radius 3 is 2.93 bits per heavy atom. The molecule has 3 heterocycles. The minimum atomic E-state index is -0.958. The van der Waals surface area contributed by atoms with Crippen molar-refractivity contribution in [1.82, 2.24) is 20.0 Å². The number of pyridine rings is 1. The number of nitrogens with one attached hydrogen (secondary N) is 1. The van der Waals surface area contributed by atoms with Gasteiger partial charge in [-0.3, -0.25) is 9.78 Å². The topological polar surface area (TPSA) is 102 Å². The number of rotatable bonds is 3. The largest absolute Gasteiger partial charge is 0.492 e. The molecule has 0 radical (unpaired) electrons. The highest BCUT2D eigenvalue weighted by atomic mass is 16.5. The number of nitrogens with zero attached hydrogens (tertiary/aromatic N) is 4. The van der Waals surface area contributed by atoms with Crippen LogP contribution in [0.4, 0.5) is 5.69 Å². The Labute approximate surface area is 161 Å². The number of aromatic nitrogens is 4. The second-order valence-electron chi connectivity index (χ2n) is 7.22. The maximum absolute atomic E-state index is 12.7. The number of anilines is 1. The molecule has 0 unspecified atom stereocenters. The van der Waals surface area contributed by atoms with Crippen molar-refractivity contribution in [2.24, 2.45) is 0 Å². The first kappa shape index (κ1) is 17.1. The van der Waals surface area contributed by atoms with Crippen LogP contribution in [0, 0.1) is 6.92 Å². The van der Waals surface area contributed by atoms with Crippen molar-refractivity contribution >= 4 is 24.2 Å². The summed E-state index contributed by atoms with van der Waals surface area (Å²) in [5.74, 6) is -0.362. The second kappa shape index (κ2) is 6.25. The molecule has 1 aliphatic heterocycles. The van der Waals surface area contributed by atoms with Crippen molar-refractivity contribution < 1.29 is 14.5 Å². The molecule has 1 fully saturated rings. The normalized spacial score (nSPS) is 16.7. The molecule has 1 saturated carbocycles. The fourth-order valence-corrected chi connectivity index (χ4v) is 3.94. The van der Waals surface area contributed by atoms with Gasteiger partial charge in [-0.2, -0.15) is 0 Å². The Kier molecular flexibility index (Phi) is 3.82. The van der Waals surface area contributed by atoms with Gasteiger partial charge in [0.05, 0.1) is 23.2 Å². The number of hydrogen-bond donors (Lipinski definition) is 2. The van der Waals surface area contributed by atoms with E-state index in [1.165, 1.54) is 0 Å². The third-order valence-electron chi connectivity index (χ3n) is 5.56. The average Bonchev–Trinajstić information content (AvgIpc) is 3.20. The van der Waals surface area contributed by atoms with Gasteiger partial charge in [0.1, 0.15) is 0 Å². The lowest BCUT2D eigenvalue weighted by molar-refractivity contribution is -0.0152. The zero-order chi connectivity index (χ0) is 19.3. The molecule has 140 valence electrons. The van der Waals surface area contributed by atoms with E-state index in [1.54, 1.807) is 36.1 Å². The third-order valence-corrected chi connectivity index (χ3v) is 5.56. The summed E-state index contributed by atoms with van der Waals surface area (Å²) in [4.78, 5) is 16.8. The molecule has 0 saturated heterocycles. The lowest BCUT2D eigenvalue weighted by Gasteiger charge is -2.39. The number of carbonyl (C=O) groups excluding carboxylic acids is 1. The van der Waals surface area contributed by atoms with Crippen LogP contribution in [0.1, 0.15) is 41.0 Å². The first-order valence-corrected chi connectivity index (χ1v) is 9.22. The molecule has 1 aromatic carbocycles. The Balaban J connectivity index is 1.40. The number of hydrogen-bond acceptors (Lipinski definition) is 6. The maximum atomic E-state index is 12.7. The molecule has 9 heteroatoms.